The highest BCUT2D eigenvalue weighted by molar-refractivity contribution is 6.32. The molecule has 2 heteroatoms. The van der Waals surface area contributed by atoms with Gasteiger partial charge in [0.25, 0.3) is 0 Å². The smallest absolute Gasteiger partial charge is 0.141 e. The molecule has 0 spiro atoms. The van der Waals surface area contributed by atoms with E-state index in [1.807, 2.05) is 30.4 Å². The highest BCUT2D eigenvalue weighted by Gasteiger charge is 2.06. The highest BCUT2D eigenvalue weighted by atomic mass is 35.5. The topological polar surface area (TPSA) is 9.23 Å². The molecule has 0 aliphatic heterocycles. The number of hydrogen-bond donors (Lipinski definition) is 0. The summed E-state index contributed by atoms with van der Waals surface area (Å²) in [5.74, 6) is 0.799. The summed E-state index contributed by atoms with van der Waals surface area (Å²) >= 11 is 6.13. The van der Waals surface area contributed by atoms with Crippen molar-refractivity contribution in [3.63, 3.8) is 0 Å². The van der Waals surface area contributed by atoms with Gasteiger partial charge in [-0.3, -0.25) is 0 Å². The highest BCUT2D eigenvalue weighted by Crippen LogP contribution is 2.29. The molecule has 0 bridgehead atoms. The van der Waals surface area contributed by atoms with Crippen molar-refractivity contribution in [3.8, 4) is 5.75 Å². The van der Waals surface area contributed by atoms with Crippen molar-refractivity contribution in [2.24, 2.45) is 0 Å². The van der Waals surface area contributed by atoms with Gasteiger partial charge in [-0.05, 0) is 37.3 Å². The average Bonchev–Trinajstić information content (AvgIpc) is 2.32. The molecule has 0 amide bonds. The minimum Gasteiger partial charge on any atom is -0.492 e. The van der Waals surface area contributed by atoms with Crippen LogP contribution in [0.4, 0.5) is 0 Å². The molecule has 0 N–H and O–H groups in total. The molecule has 0 radical (unpaired) electrons. The van der Waals surface area contributed by atoms with Crippen LogP contribution in [0.5, 0.6) is 5.75 Å². The van der Waals surface area contributed by atoms with Crippen molar-refractivity contribution in [1.82, 2.24) is 0 Å². The van der Waals surface area contributed by atoms with E-state index < -0.39 is 0 Å². The van der Waals surface area contributed by atoms with Gasteiger partial charge in [0.2, 0.25) is 0 Å². The van der Waals surface area contributed by atoms with Crippen LogP contribution in [0, 0.1) is 0 Å². The van der Waals surface area contributed by atoms with E-state index in [-0.39, 0.29) is 0 Å². The minimum absolute atomic E-state index is 0.674. The summed E-state index contributed by atoms with van der Waals surface area (Å²) in [5.41, 5.74) is 1.09. The molecule has 92 valence electrons. The van der Waals surface area contributed by atoms with Gasteiger partial charge >= 0.3 is 0 Å². The number of allylic oxidation sites excluding steroid dienone is 2. The van der Waals surface area contributed by atoms with Crippen molar-refractivity contribution in [2.75, 3.05) is 6.61 Å². The Labute approximate surface area is 109 Å². The molecule has 1 rings (SSSR count). The van der Waals surface area contributed by atoms with Crippen LogP contribution < -0.4 is 4.74 Å². The van der Waals surface area contributed by atoms with Crippen LogP contribution in [0.2, 0.25) is 5.02 Å². The summed E-state index contributed by atoms with van der Waals surface area (Å²) in [6.45, 7) is 8.13. The monoisotopic (exact) mass is 250 g/mol. The predicted octanol–water partition coefficient (Wildman–Crippen LogP) is 4.80. The Kier molecular flexibility index (Phi) is 6.49. The molecule has 17 heavy (non-hydrogen) atoms. The van der Waals surface area contributed by atoms with Gasteiger partial charge in [0.15, 0.2) is 0 Å². The first-order chi connectivity index (χ1) is 8.29. The van der Waals surface area contributed by atoms with E-state index in [1.54, 1.807) is 0 Å². The van der Waals surface area contributed by atoms with E-state index in [2.05, 4.69) is 13.2 Å². The first-order valence-electron chi connectivity index (χ1n) is 5.91. The number of benzene rings is 1. The molecule has 0 saturated carbocycles. The molecule has 0 aromatic heterocycles. The molecule has 1 aromatic rings. The number of hydrogen-bond acceptors (Lipinski definition) is 1. The molecule has 0 unspecified atom stereocenters. The van der Waals surface area contributed by atoms with E-state index in [0.29, 0.717) is 11.6 Å². The number of ether oxygens (including phenoxy) is 1. The van der Waals surface area contributed by atoms with Crippen LogP contribution in [0.3, 0.4) is 0 Å². The lowest BCUT2D eigenvalue weighted by Crippen LogP contribution is -2.00. The number of halogens is 1. The molecule has 0 fully saturated rings. The first kappa shape index (κ1) is 13.9. The summed E-state index contributed by atoms with van der Waals surface area (Å²) in [7, 11) is 0. The summed E-state index contributed by atoms with van der Waals surface area (Å²) in [4.78, 5) is 0. The fourth-order valence-corrected chi connectivity index (χ4v) is 1.85. The van der Waals surface area contributed by atoms with Gasteiger partial charge in [-0.1, -0.05) is 35.9 Å². The zero-order valence-corrected chi connectivity index (χ0v) is 10.9. The van der Waals surface area contributed by atoms with Crippen LogP contribution in [0.15, 0.2) is 43.5 Å². The fraction of sp³-hybridized carbons (Fsp3) is 0.333. The van der Waals surface area contributed by atoms with Crippen molar-refractivity contribution in [2.45, 2.75) is 25.7 Å². The Morgan fingerprint density at radius 3 is 2.71 bits per heavy atom. The quantitative estimate of drug-likeness (QED) is 0.476. The Morgan fingerprint density at radius 2 is 2.00 bits per heavy atom. The number of rotatable bonds is 8. The second-order valence-electron chi connectivity index (χ2n) is 3.85. The maximum absolute atomic E-state index is 6.13. The normalized spacial score (nSPS) is 9.94. The Hall–Kier alpha value is -1.21. The van der Waals surface area contributed by atoms with Gasteiger partial charge in [-0.15, -0.1) is 13.2 Å². The lowest BCUT2D eigenvalue weighted by atomic mass is 10.1. The maximum atomic E-state index is 6.13. The summed E-state index contributed by atoms with van der Waals surface area (Å²) in [5, 5.41) is 0.674. The molecule has 0 aliphatic carbocycles. The maximum Gasteiger partial charge on any atom is 0.141 e. The van der Waals surface area contributed by atoms with E-state index in [0.717, 1.165) is 37.0 Å². The van der Waals surface area contributed by atoms with Crippen molar-refractivity contribution >= 4 is 11.6 Å². The average molecular weight is 251 g/mol. The van der Waals surface area contributed by atoms with Crippen LogP contribution in [0.25, 0.3) is 0 Å². The Bertz CT molecular complexity index is 371. The molecule has 0 aliphatic rings. The first-order valence-corrected chi connectivity index (χ1v) is 6.29. The van der Waals surface area contributed by atoms with E-state index in [9.17, 15) is 0 Å². The third kappa shape index (κ3) is 4.66. The van der Waals surface area contributed by atoms with E-state index in [4.69, 9.17) is 16.3 Å². The number of para-hydroxylation sites is 1. The Morgan fingerprint density at radius 1 is 1.18 bits per heavy atom. The molecular formula is C15H19ClO. The van der Waals surface area contributed by atoms with Crippen LogP contribution >= 0.6 is 11.6 Å². The van der Waals surface area contributed by atoms with E-state index >= 15 is 0 Å². The minimum atomic E-state index is 0.674. The third-order valence-corrected chi connectivity index (χ3v) is 2.76. The molecule has 0 heterocycles. The molecule has 1 nitrogen and oxygen atoms in total. The zero-order chi connectivity index (χ0) is 12.5. The van der Waals surface area contributed by atoms with Gasteiger partial charge in [0, 0.05) is 0 Å². The van der Waals surface area contributed by atoms with Crippen LogP contribution in [0.1, 0.15) is 24.8 Å². The van der Waals surface area contributed by atoms with Gasteiger partial charge in [0.1, 0.15) is 5.75 Å². The van der Waals surface area contributed by atoms with Crippen LogP contribution in [-0.2, 0) is 6.42 Å². The zero-order valence-electron chi connectivity index (χ0n) is 10.1. The third-order valence-electron chi connectivity index (χ3n) is 2.46. The molecule has 0 saturated heterocycles. The predicted molar refractivity (Wildman–Crippen MR) is 74.9 cm³/mol. The second kappa shape index (κ2) is 7.97. The summed E-state index contributed by atoms with van der Waals surface area (Å²) in [6, 6.07) is 5.81. The van der Waals surface area contributed by atoms with Gasteiger partial charge in [0.05, 0.1) is 11.6 Å². The molecule has 1 aromatic carbocycles. The molecular weight excluding hydrogens is 232 g/mol. The van der Waals surface area contributed by atoms with Crippen molar-refractivity contribution in [1.29, 1.82) is 0 Å². The standard InChI is InChI=1S/C15H19ClO/c1-3-5-6-7-12-17-15-13(9-4-2)10-8-11-14(15)16/h3-4,8,10-11H,1-2,5-7,9,12H2. The van der Waals surface area contributed by atoms with Gasteiger partial charge in [-0.2, -0.15) is 0 Å². The fourth-order valence-electron chi connectivity index (χ4n) is 1.60. The second-order valence-corrected chi connectivity index (χ2v) is 4.26. The Balaban J connectivity index is 2.55. The largest absolute Gasteiger partial charge is 0.492 e. The van der Waals surface area contributed by atoms with Crippen molar-refractivity contribution in [3.05, 3.63) is 54.1 Å². The molecule has 0 atom stereocenters. The van der Waals surface area contributed by atoms with E-state index in [1.165, 1.54) is 0 Å². The number of unbranched alkanes of at least 4 members (excludes halogenated alkanes) is 2. The van der Waals surface area contributed by atoms with Crippen LogP contribution in [-0.4, -0.2) is 6.61 Å². The summed E-state index contributed by atoms with van der Waals surface area (Å²) < 4.78 is 5.75. The lowest BCUT2D eigenvalue weighted by molar-refractivity contribution is 0.305. The lowest BCUT2D eigenvalue weighted by Gasteiger charge is -2.11. The van der Waals surface area contributed by atoms with Gasteiger partial charge in [-0.25, -0.2) is 0 Å². The van der Waals surface area contributed by atoms with Gasteiger partial charge < -0.3 is 4.74 Å². The van der Waals surface area contributed by atoms with Crippen molar-refractivity contribution < 1.29 is 4.74 Å². The SMILES string of the molecule is C=CCCCCOc1c(Cl)cccc1CC=C. The summed E-state index contributed by atoms with van der Waals surface area (Å²) in [6.07, 6.45) is 7.72.